The highest BCUT2D eigenvalue weighted by molar-refractivity contribution is 7.97. The zero-order valence-corrected chi connectivity index (χ0v) is 26.5. The average Bonchev–Trinajstić information content (AvgIpc) is 2.98. The Balaban J connectivity index is 1.67. The molecule has 0 amide bonds. The first kappa shape index (κ1) is 30.9. The van der Waals surface area contributed by atoms with Gasteiger partial charge < -0.3 is 10.5 Å². The second kappa shape index (κ2) is 12.2. The summed E-state index contributed by atoms with van der Waals surface area (Å²) in [6.45, 7) is 8.06. The minimum atomic E-state index is -0.676. The van der Waals surface area contributed by atoms with E-state index in [-0.39, 0.29) is 28.6 Å². The van der Waals surface area contributed by atoms with Crippen molar-refractivity contribution in [2.75, 3.05) is 12.0 Å². The van der Waals surface area contributed by atoms with Crippen LogP contribution in [0.4, 0.5) is 11.4 Å². The van der Waals surface area contributed by atoms with Crippen molar-refractivity contribution in [2.24, 2.45) is 11.1 Å². The maximum atomic E-state index is 14.1. The quantitative estimate of drug-likeness (QED) is 0.205. The highest BCUT2D eigenvalue weighted by Crippen LogP contribution is 2.52. The van der Waals surface area contributed by atoms with Crippen LogP contribution in [0.25, 0.3) is 0 Å². The van der Waals surface area contributed by atoms with Crippen LogP contribution in [0.15, 0.2) is 83.3 Å². The van der Waals surface area contributed by atoms with Crippen LogP contribution >= 0.6 is 11.8 Å². The fraction of sp³-hybridized carbons (Fsp3) is 0.314. The number of ketones is 1. The first-order valence-corrected chi connectivity index (χ1v) is 15.6. The maximum Gasteiger partial charge on any atom is 0.296 e. The molecular weight excluding hydrogens is 572 g/mol. The Morgan fingerprint density at radius 3 is 2.50 bits per heavy atom. The van der Waals surface area contributed by atoms with Gasteiger partial charge in [0.05, 0.1) is 35.7 Å². The molecule has 0 bridgehead atoms. The van der Waals surface area contributed by atoms with Crippen LogP contribution in [-0.2, 0) is 16.3 Å². The van der Waals surface area contributed by atoms with Gasteiger partial charge in [-0.15, -0.1) is 0 Å². The largest absolute Gasteiger partial charge is 0.496 e. The molecule has 0 saturated heterocycles. The summed E-state index contributed by atoms with van der Waals surface area (Å²) < 4.78 is 5.25. The van der Waals surface area contributed by atoms with Crippen molar-refractivity contribution >= 4 is 28.9 Å². The van der Waals surface area contributed by atoms with Gasteiger partial charge in [0.1, 0.15) is 17.3 Å². The van der Waals surface area contributed by atoms with E-state index in [1.165, 1.54) is 18.7 Å². The molecule has 226 valence electrons. The van der Waals surface area contributed by atoms with E-state index in [1.807, 2.05) is 63.7 Å². The van der Waals surface area contributed by atoms with E-state index in [4.69, 9.17) is 10.5 Å². The number of allylic oxidation sites excluding steroid dienone is 3. The third kappa shape index (κ3) is 5.82. The monoisotopic (exact) mass is 608 g/mol. The molecule has 1 atom stereocenters. The lowest BCUT2D eigenvalue weighted by molar-refractivity contribution is -0.384. The lowest BCUT2D eigenvalue weighted by Gasteiger charge is -2.43. The average molecular weight is 609 g/mol. The van der Waals surface area contributed by atoms with Crippen molar-refractivity contribution in [1.29, 1.82) is 5.26 Å². The molecule has 1 aliphatic carbocycles. The van der Waals surface area contributed by atoms with Gasteiger partial charge in [-0.05, 0) is 60.1 Å². The van der Waals surface area contributed by atoms with Crippen molar-refractivity contribution in [3.8, 4) is 11.8 Å². The summed E-state index contributed by atoms with van der Waals surface area (Å²) >= 11 is 1.81. The number of hydrogen-bond acceptors (Lipinski definition) is 8. The molecule has 1 heterocycles. The molecule has 2 aliphatic rings. The number of nitriles is 1. The molecule has 0 aromatic heterocycles. The lowest BCUT2D eigenvalue weighted by Crippen LogP contribution is -2.42. The molecule has 8 nitrogen and oxygen atoms in total. The van der Waals surface area contributed by atoms with Gasteiger partial charge in [0, 0.05) is 29.2 Å². The second-order valence-electron chi connectivity index (χ2n) is 12.2. The van der Waals surface area contributed by atoms with E-state index >= 15 is 0 Å². The minimum absolute atomic E-state index is 0.0800. The molecule has 0 spiro atoms. The third-order valence-corrected chi connectivity index (χ3v) is 9.43. The van der Waals surface area contributed by atoms with E-state index in [0.717, 1.165) is 33.8 Å². The van der Waals surface area contributed by atoms with E-state index < -0.39 is 16.3 Å². The normalized spacial score (nSPS) is 17.8. The SMILES string of the molecule is COc1ccc(N2C(N)=C(C#N)C(c3cc(C)cc(CSCc4ccccc4)c3C)C3=C2CC(C)(C)CC3=O)c([N+](=O)[O-])c1. The molecule has 0 radical (unpaired) electrons. The molecule has 3 aromatic carbocycles. The number of nitrogens with zero attached hydrogens (tertiary/aromatic N) is 3. The zero-order chi connectivity index (χ0) is 31.8. The number of methoxy groups -OCH3 is 1. The Morgan fingerprint density at radius 2 is 1.84 bits per heavy atom. The number of Topliss-reactive ketones (excluding diaryl/α,β-unsaturated/α-hetero) is 1. The topological polar surface area (TPSA) is 122 Å². The summed E-state index contributed by atoms with van der Waals surface area (Å²) in [5.41, 5.74) is 12.9. The summed E-state index contributed by atoms with van der Waals surface area (Å²) in [6.07, 6.45) is 0.752. The standard InChI is InChI=1S/C35H36N4O4S/c1-21-13-24(20-44-19-23-9-7-6-8-10-23)22(2)26(14-21)32-27(18-36)34(37)38(30-16-35(3,4)17-31(40)33(30)32)28-12-11-25(43-5)15-29(28)39(41)42/h6-15,32H,16-17,19-20,37H2,1-5H3. The summed E-state index contributed by atoms with van der Waals surface area (Å²) in [7, 11) is 1.44. The fourth-order valence-corrected chi connectivity index (χ4v) is 7.38. The van der Waals surface area contributed by atoms with Gasteiger partial charge in [-0.1, -0.05) is 61.9 Å². The van der Waals surface area contributed by atoms with Crippen molar-refractivity contribution in [3.05, 3.63) is 121 Å². The van der Waals surface area contributed by atoms with Gasteiger partial charge in [0.15, 0.2) is 5.78 Å². The lowest BCUT2D eigenvalue weighted by atomic mass is 9.68. The maximum absolute atomic E-state index is 14.1. The van der Waals surface area contributed by atoms with Crippen LogP contribution in [0, 0.1) is 40.7 Å². The number of carbonyl (C=O) groups is 1. The Kier molecular flexibility index (Phi) is 8.57. The predicted molar refractivity (Wildman–Crippen MR) is 174 cm³/mol. The van der Waals surface area contributed by atoms with E-state index in [0.29, 0.717) is 29.9 Å². The van der Waals surface area contributed by atoms with Gasteiger partial charge in [-0.3, -0.25) is 19.8 Å². The number of aryl methyl sites for hydroxylation is 1. The number of benzene rings is 3. The Hall–Kier alpha value is -4.55. The van der Waals surface area contributed by atoms with Gasteiger partial charge in [0.25, 0.3) is 5.69 Å². The predicted octanol–water partition coefficient (Wildman–Crippen LogP) is 7.59. The molecule has 0 fully saturated rings. The van der Waals surface area contributed by atoms with Gasteiger partial charge >= 0.3 is 0 Å². The number of rotatable bonds is 8. The fourth-order valence-electron chi connectivity index (χ4n) is 6.33. The molecular formula is C35H36N4O4S. The number of carbonyl (C=O) groups excluding carboxylic acids is 1. The van der Waals surface area contributed by atoms with Crippen LogP contribution in [-0.4, -0.2) is 17.8 Å². The highest BCUT2D eigenvalue weighted by Gasteiger charge is 2.46. The number of anilines is 1. The molecule has 44 heavy (non-hydrogen) atoms. The van der Waals surface area contributed by atoms with E-state index in [9.17, 15) is 20.2 Å². The van der Waals surface area contributed by atoms with Gasteiger partial charge in [-0.25, -0.2) is 0 Å². The smallest absolute Gasteiger partial charge is 0.296 e. The van der Waals surface area contributed by atoms with Crippen LogP contribution < -0.4 is 15.4 Å². The van der Waals surface area contributed by atoms with Crippen molar-refractivity contribution in [2.45, 2.75) is 58.0 Å². The number of nitro groups is 1. The van der Waals surface area contributed by atoms with Crippen LogP contribution in [0.1, 0.15) is 60.4 Å². The summed E-state index contributed by atoms with van der Waals surface area (Å²) in [6, 6.07) is 21.3. The molecule has 0 saturated carbocycles. The van der Waals surface area contributed by atoms with E-state index in [1.54, 1.807) is 17.0 Å². The number of thioether (sulfide) groups is 1. The highest BCUT2D eigenvalue weighted by atomic mass is 32.2. The van der Waals surface area contributed by atoms with Gasteiger partial charge in [-0.2, -0.15) is 17.0 Å². The molecule has 5 rings (SSSR count). The molecule has 2 N–H and O–H groups in total. The molecule has 9 heteroatoms. The van der Waals surface area contributed by atoms with Crippen LogP contribution in [0.3, 0.4) is 0 Å². The Morgan fingerprint density at radius 1 is 1.11 bits per heavy atom. The number of nitro benzene ring substituents is 1. The van der Waals surface area contributed by atoms with Crippen molar-refractivity contribution < 1.29 is 14.5 Å². The Bertz CT molecular complexity index is 1750. The van der Waals surface area contributed by atoms with Crippen LogP contribution in [0.2, 0.25) is 0 Å². The first-order chi connectivity index (χ1) is 21.0. The number of hydrogen-bond donors (Lipinski definition) is 1. The molecule has 1 unspecified atom stereocenters. The minimum Gasteiger partial charge on any atom is -0.496 e. The molecule has 3 aromatic rings. The van der Waals surface area contributed by atoms with Crippen molar-refractivity contribution in [1.82, 2.24) is 0 Å². The second-order valence-corrected chi connectivity index (χ2v) is 13.2. The summed E-state index contributed by atoms with van der Waals surface area (Å²) in [4.78, 5) is 27.4. The summed E-state index contributed by atoms with van der Waals surface area (Å²) in [5.74, 6) is 1.28. The molecule has 1 aliphatic heterocycles. The Labute approximate surface area is 262 Å². The van der Waals surface area contributed by atoms with Crippen molar-refractivity contribution in [3.63, 3.8) is 0 Å². The summed E-state index contributed by atoms with van der Waals surface area (Å²) in [5, 5.41) is 22.8. The van der Waals surface area contributed by atoms with Gasteiger partial charge in [0.2, 0.25) is 0 Å². The van der Waals surface area contributed by atoms with Crippen LogP contribution in [0.5, 0.6) is 5.75 Å². The van der Waals surface area contributed by atoms with E-state index in [2.05, 4.69) is 24.3 Å². The number of ether oxygens (including phenoxy) is 1. The zero-order valence-electron chi connectivity index (χ0n) is 25.6. The third-order valence-electron chi connectivity index (χ3n) is 8.38. The number of nitrogens with two attached hydrogens (primary N) is 1. The first-order valence-electron chi connectivity index (χ1n) is 14.5.